The lowest BCUT2D eigenvalue weighted by molar-refractivity contribution is 0.628. The molecular formula is C10H7BrClFN4. The Labute approximate surface area is 110 Å². The molecular weight excluding hydrogens is 310 g/mol. The number of nitrogen functional groups attached to an aromatic ring is 1. The lowest BCUT2D eigenvalue weighted by atomic mass is 10.3. The molecule has 0 bridgehead atoms. The van der Waals surface area contributed by atoms with Crippen LogP contribution < -0.4 is 11.1 Å². The van der Waals surface area contributed by atoms with Crippen LogP contribution in [0.25, 0.3) is 0 Å². The van der Waals surface area contributed by atoms with Gasteiger partial charge in [-0.2, -0.15) is 0 Å². The van der Waals surface area contributed by atoms with Crippen molar-refractivity contribution in [3.05, 3.63) is 39.8 Å². The number of hydrogen-bond donors (Lipinski definition) is 2. The molecule has 3 N–H and O–H groups in total. The van der Waals surface area contributed by atoms with Gasteiger partial charge in [-0.3, -0.25) is 0 Å². The van der Waals surface area contributed by atoms with Crippen LogP contribution in [0.3, 0.4) is 0 Å². The maximum Gasteiger partial charge on any atom is 0.150 e. The third kappa shape index (κ3) is 2.65. The summed E-state index contributed by atoms with van der Waals surface area (Å²) < 4.78 is 13.6. The summed E-state index contributed by atoms with van der Waals surface area (Å²) in [5.41, 5.74) is 6.01. The third-order valence-electron chi connectivity index (χ3n) is 2.00. The Hall–Kier alpha value is -1.40. The third-order valence-corrected chi connectivity index (χ3v) is 3.11. The molecule has 0 saturated carbocycles. The zero-order valence-electron chi connectivity index (χ0n) is 8.42. The van der Waals surface area contributed by atoms with E-state index in [1.54, 1.807) is 0 Å². The Bertz CT molecular complexity index is 564. The SMILES string of the molecule is Nc1ncnc(Nc2cc(F)ccc2Cl)c1Br. The number of halogens is 3. The van der Waals surface area contributed by atoms with Crippen molar-refractivity contribution in [1.29, 1.82) is 0 Å². The van der Waals surface area contributed by atoms with Crippen LogP contribution >= 0.6 is 27.5 Å². The molecule has 1 aromatic carbocycles. The lowest BCUT2D eigenvalue weighted by Crippen LogP contribution is -2.00. The van der Waals surface area contributed by atoms with E-state index in [0.717, 1.165) is 0 Å². The monoisotopic (exact) mass is 316 g/mol. The fraction of sp³-hybridized carbons (Fsp3) is 0. The van der Waals surface area contributed by atoms with Crippen LogP contribution in [-0.4, -0.2) is 9.97 Å². The maximum absolute atomic E-state index is 13.1. The topological polar surface area (TPSA) is 63.8 Å². The van der Waals surface area contributed by atoms with Crippen molar-refractivity contribution >= 4 is 44.9 Å². The Kier molecular flexibility index (Phi) is 3.44. The first-order valence-corrected chi connectivity index (χ1v) is 5.73. The van der Waals surface area contributed by atoms with Gasteiger partial charge in [0.05, 0.1) is 10.7 Å². The number of rotatable bonds is 2. The molecule has 4 nitrogen and oxygen atoms in total. The average Bonchev–Trinajstić information content (AvgIpc) is 2.30. The van der Waals surface area contributed by atoms with Gasteiger partial charge in [0.2, 0.25) is 0 Å². The quantitative estimate of drug-likeness (QED) is 0.891. The molecule has 17 heavy (non-hydrogen) atoms. The lowest BCUT2D eigenvalue weighted by Gasteiger charge is -2.09. The molecule has 88 valence electrons. The summed E-state index contributed by atoms with van der Waals surface area (Å²) in [6.07, 6.45) is 1.30. The van der Waals surface area contributed by atoms with Crippen LogP contribution in [-0.2, 0) is 0 Å². The second kappa shape index (κ2) is 4.85. The summed E-state index contributed by atoms with van der Waals surface area (Å²) in [6, 6.07) is 4.00. The summed E-state index contributed by atoms with van der Waals surface area (Å²) in [4.78, 5) is 7.77. The Morgan fingerprint density at radius 1 is 1.35 bits per heavy atom. The number of hydrogen-bond acceptors (Lipinski definition) is 4. The molecule has 1 heterocycles. The molecule has 0 aliphatic rings. The first-order valence-electron chi connectivity index (χ1n) is 4.56. The van der Waals surface area contributed by atoms with E-state index in [2.05, 4.69) is 31.2 Å². The highest BCUT2D eigenvalue weighted by Crippen LogP contribution is 2.30. The molecule has 0 spiro atoms. The molecule has 2 rings (SSSR count). The van der Waals surface area contributed by atoms with Gasteiger partial charge in [0, 0.05) is 0 Å². The predicted octanol–water partition coefficient (Wildman–Crippen LogP) is 3.36. The van der Waals surface area contributed by atoms with Gasteiger partial charge in [-0.05, 0) is 34.1 Å². The molecule has 0 fully saturated rings. The number of nitrogens with one attached hydrogen (secondary N) is 1. The standard InChI is InChI=1S/C10H7BrClFN4/c11-8-9(14)15-4-16-10(8)17-7-3-5(13)1-2-6(7)12/h1-4H,(H3,14,15,16,17). The molecule has 0 unspecified atom stereocenters. The van der Waals surface area contributed by atoms with Crippen molar-refractivity contribution in [3.8, 4) is 0 Å². The van der Waals surface area contributed by atoms with Gasteiger partial charge in [-0.25, -0.2) is 14.4 Å². The number of anilines is 3. The number of aromatic nitrogens is 2. The zero-order chi connectivity index (χ0) is 12.4. The van der Waals surface area contributed by atoms with E-state index >= 15 is 0 Å². The average molecular weight is 318 g/mol. The maximum atomic E-state index is 13.1. The van der Waals surface area contributed by atoms with Crippen LogP contribution in [0, 0.1) is 5.82 Å². The molecule has 0 atom stereocenters. The van der Waals surface area contributed by atoms with Crippen LogP contribution in [0.4, 0.5) is 21.7 Å². The molecule has 0 radical (unpaired) electrons. The van der Waals surface area contributed by atoms with Crippen LogP contribution in [0.5, 0.6) is 0 Å². The van der Waals surface area contributed by atoms with Crippen molar-refractivity contribution in [2.24, 2.45) is 0 Å². The highest BCUT2D eigenvalue weighted by Gasteiger charge is 2.08. The largest absolute Gasteiger partial charge is 0.383 e. The van der Waals surface area contributed by atoms with Crippen molar-refractivity contribution in [3.63, 3.8) is 0 Å². The molecule has 0 aliphatic heterocycles. The number of nitrogens with two attached hydrogens (primary N) is 1. The zero-order valence-corrected chi connectivity index (χ0v) is 10.8. The van der Waals surface area contributed by atoms with Crippen LogP contribution in [0.15, 0.2) is 29.0 Å². The molecule has 2 aromatic rings. The van der Waals surface area contributed by atoms with Gasteiger partial charge in [-0.15, -0.1) is 0 Å². The Morgan fingerprint density at radius 2 is 2.12 bits per heavy atom. The summed E-state index contributed by atoms with van der Waals surface area (Å²) in [6.45, 7) is 0. The second-order valence-electron chi connectivity index (χ2n) is 3.17. The van der Waals surface area contributed by atoms with E-state index in [0.29, 0.717) is 21.0 Å². The van der Waals surface area contributed by atoms with Gasteiger partial charge < -0.3 is 11.1 Å². The molecule has 0 aliphatic carbocycles. The van der Waals surface area contributed by atoms with Gasteiger partial charge >= 0.3 is 0 Å². The summed E-state index contributed by atoms with van der Waals surface area (Å²) in [5.74, 6) is 0.315. The van der Waals surface area contributed by atoms with Crippen LogP contribution in [0.1, 0.15) is 0 Å². The number of benzene rings is 1. The van der Waals surface area contributed by atoms with Gasteiger partial charge in [0.1, 0.15) is 28.3 Å². The second-order valence-corrected chi connectivity index (χ2v) is 4.37. The van der Waals surface area contributed by atoms with Gasteiger partial charge in [-0.1, -0.05) is 11.6 Å². The Balaban J connectivity index is 2.38. The minimum atomic E-state index is -0.393. The fourth-order valence-corrected chi connectivity index (χ4v) is 1.66. The Morgan fingerprint density at radius 3 is 2.88 bits per heavy atom. The van der Waals surface area contributed by atoms with E-state index in [4.69, 9.17) is 17.3 Å². The minimum absolute atomic E-state index is 0.287. The minimum Gasteiger partial charge on any atom is -0.383 e. The van der Waals surface area contributed by atoms with Crippen molar-refractivity contribution in [2.75, 3.05) is 11.1 Å². The summed E-state index contributed by atoms with van der Waals surface area (Å²) >= 11 is 9.15. The number of nitrogens with zero attached hydrogens (tertiary/aromatic N) is 2. The van der Waals surface area contributed by atoms with E-state index in [9.17, 15) is 4.39 Å². The first kappa shape index (κ1) is 12.1. The normalized spacial score (nSPS) is 10.3. The molecule has 0 saturated heterocycles. The van der Waals surface area contributed by atoms with Gasteiger partial charge in [0.25, 0.3) is 0 Å². The van der Waals surface area contributed by atoms with E-state index in [-0.39, 0.29) is 5.82 Å². The van der Waals surface area contributed by atoms with Crippen LogP contribution in [0.2, 0.25) is 5.02 Å². The van der Waals surface area contributed by atoms with Gasteiger partial charge in [0.15, 0.2) is 0 Å². The predicted molar refractivity (Wildman–Crippen MR) is 68.8 cm³/mol. The van der Waals surface area contributed by atoms with Crippen molar-refractivity contribution in [1.82, 2.24) is 9.97 Å². The van der Waals surface area contributed by atoms with E-state index < -0.39 is 5.82 Å². The van der Waals surface area contributed by atoms with Crippen molar-refractivity contribution in [2.45, 2.75) is 0 Å². The van der Waals surface area contributed by atoms with E-state index in [1.165, 1.54) is 24.5 Å². The fourth-order valence-electron chi connectivity index (χ4n) is 1.19. The first-order chi connectivity index (χ1) is 8.08. The molecule has 1 aromatic heterocycles. The summed E-state index contributed by atoms with van der Waals surface area (Å²) in [5, 5.41) is 3.26. The highest BCUT2D eigenvalue weighted by molar-refractivity contribution is 9.10. The highest BCUT2D eigenvalue weighted by atomic mass is 79.9. The summed E-state index contributed by atoms with van der Waals surface area (Å²) in [7, 11) is 0. The smallest absolute Gasteiger partial charge is 0.150 e. The van der Waals surface area contributed by atoms with Crippen molar-refractivity contribution < 1.29 is 4.39 Å². The molecule has 0 amide bonds. The van der Waals surface area contributed by atoms with E-state index in [1.807, 2.05) is 0 Å². The molecule has 7 heteroatoms.